The van der Waals surface area contributed by atoms with Crippen LogP contribution in [0.5, 0.6) is 0 Å². The summed E-state index contributed by atoms with van der Waals surface area (Å²) in [6.07, 6.45) is 0.235. The molecule has 2 aromatic rings. The predicted octanol–water partition coefficient (Wildman–Crippen LogP) is 5.01. The third kappa shape index (κ3) is 3.74. The van der Waals surface area contributed by atoms with Crippen LogP contribution in [0.4, 0.5) is 0 Å². The lowest BCUT2D eigenvalue weighted by Crippen LogP contribution is -2.07. The van der Waals surface area contributed by atoms with E-state index in [1.807, 2.05) is 0 Å². The first-order valence-corrected chi connectivity index (χ1v) is 7.73. The minimum atomic E-state index is -0.435. The number of hydrogen-bond donors (Lipinski definition) is 1. The van der Waals surface area contributed by atoms with Crippen molar-refractivity contribution in [1.82, 2.24) is 0 Å². The molecule has 0 aromatic heterocycles. The van der Waals surface area contributed by atoms with Crippen LogP contribution in [0, 0.1) is 20.8 Å². The molecule has 0 aliphatic carbocycles. The second-order valence-electron chi connectivity index (χ2n) is 6.43. The van der Waals surface area contributed by atoms with E-state index >= 15 is 0 Å². The molecule has 0 amide bonds. The van der Waals surface area contributed by atoms with Crippen LogP contribution in [0.2, 0.25) is 0 Å². The zero-order chi connectivity index (χ0) is 15.6. The van der Waals surface area contributed by atoms with Gasteiger partial charge in [0.1, 0.15) is 0 Å². The molecule has 2 rings (SSSR count). The number of hydrogen-bond acceptors (Lipinski definition) is 1. The molecule has 1 unspecified atom stereocenters. The largest absolute Gasteiger partial charge is 0.388 e. The van der Waals surface area contributed by atoms with E-state index in [2.05, 4.69) is 71.0 Å². The Labute approximate surface area is 128 Å². The van der Waals surface area contributed by atoms with Gasteiger partial charge in [0.2, 0.25) is 0 Å². The van der Waals surface area contributed by atoms with Crippen LogP contribution in [-0.4, -0.2) is 5.11 Å². The van der Waals surface area contributed by atoms with E-state index in [1.165, 1.54) is 27.8 Å². The number of aliphatic hydroxyl groups is 1. The van der Waals surface area contributed by atoms with E-state index in [1.54, 1.807) is 0 Å². The molecule has 0 heterocycles. The van der Waals surface area contributed by atoms with Gasteiger partial charge in [-0.15, -0.1) is 0 Å². The average Bonchev–Trinajstić information content (AvgIpc) is 2.37. The van der Waals surface area contributed by atoms with E-state index < -0.39 is 6.10 Å². The highest BCUT2D eigenvalue weighted by atomic mass is 16.3. The summed E-state index contributed by atoms with van der Waals surface area (Å²) in [5.74, 6) is 0.547. The third-order valence-electron chi connectivity index (χ3n) is 4.15. The monoisotopic (exact) mass is 282 g/mol. The number of benzene rings is 2. The van der Waals surface area contributed by atoms with Gasteiger partial charge in [0, 0.05) is 6.42 Å². The van der Waals surface area contributed by atoms with Crippen LogP contribution in [-0.2, 0) is 6.42 Å². The van der Waals surface area contributed by atoms with E-state index in [0.29, 0.717) is 12.3 Å². The first kappa shape index (κ1) is 15.8. The molecule has 0 fully saturated rings. The lowest BCUT2D eigenvalue weighted by atomic mass is 9.91. The van der Waals surface area contributed by atoms with E-state index in [9.17, 15) is 5.11 Å². The quantitative estimate of drug-likeness (QED) is 0.835. The van der Waals surface area contributed by atoms with Gasteiger partial charge in [0.05, 0.1) is 6.10 Å². The topological polar surface area (TPSA) is 20.2 Å². The molecule has 0 aliphatic heterocycles. The summed E-state index contributed by atoms with van der Waals surface area (Å²) in [6.45, 7) is 10.7. The third-order valence-corrected chi connectivity index (χ3v) is 4.15. The maximum Gasteiger partial charge on any atom is 0.0835 e. The Hall–Kier alpha value is -1.60. The number of rotatable bonds is 4. The Morgan fingerprint density at radius 2 is 1.43 bits per heavy atom. The fourth-order valence-corrected chi connectivity index (χ4v) is 3.08. The minimum Gasteiger partial charge on any atom is -0.388 e. The fraction of sp³-hybridized carbons (Fsp3) is 0.400. The van der Waals surface area contributed by atoms with Crippen LogP contribution in [0.15, 0.2) is 36.4 Å². The Bertz CT molecular complexity index is 585. The van der Waals surface area contributed by atoms with Crippen LogP contribution in [0.25, 0.3) is 0 Å². The minimum absolute atomic E-state index is 0.435. The molecule has 2 aromatic carbocycles. The molecule has 1 heteroatoms. The highest BCUT2D eigenvalue weighted by molar-refractivity contribution is 5.39. The highest BCUT2D eigenvalue weighted by Crippen LogP contribution is 2.26. The number of aliphatic hydroxyl groups excluding tert-OH is 1. The van der Waals surface area contributed by atoms with Crippen molar-refractivity contribution in [2.45, 2.75) is 53.1 Å². The van der Waals surface area contributed by atoms with Gasteiger partial charge in [-0.05, 0) is 54.5 Å². The second kappa shape index (κ2) is 6.44. The Morgan fingerprint density at radius 3 is 1.90 bits per heavy atom. The van der Waals surface area contributed by atoms with Crippen molar-refractivity contribution in [3.8, 4) is 0 Å². The summed E-state index contributed by atoms with van der Waals surface area (Å²) < 4.78 is 0. The van der Waals surface area contributed by atoms with Crippen molar-refractivity contribution in [2.75, 3.05) is 0 Å². The van der Waals surface area contributed by atoms with E-state index in [4.69, 9.17) is 0 Å². The Morgan fingerprint density at radius 1 is 0.905 bits per heavy atom. The molecule has 0 saturated carbocycles. The first-order chi connectivity index (χ1) is 9.88. The van der Waals surface area contributed by atoms with Crippen molar-refractivity contribution >= 4 is 0 Å². The van der Waals surface area contributed by atoms with Gasteiger partial charge in [0.25, 0.3) is 0 Å². The molecular formula is C20H26O. The van der Waals surface area contributed by atoms with Crippen LogP contribution < -0.4 is 0 Å². The van der Waals surface area contributed by atoms with Crippen LogP contribution in [0.1, 0.15) is 59.3 Å². The molecule has 0 saturated heterocycles. The van der Waals surface area contributed by atoms with E-state index in [-0.39, 0.29) is 0 Å². The lowest BCUT2D eigenvalue weighted by molar-refractivity contribution is 0.177. The number of aryl methyl sites for hydroxylation is 3. The van der Waals surface area contributed by atoms with Crippen molar-refractivity contribution in [3.63, 3.8) is 0 Å². The smallest absolute Gasteiger partial charge is 0.0835 e. The van der Waals surface area contributed by atoms with Gasteiger partial charge in [-0.2, -0.15) is 0 Å². The summed E-state index contributed by atoms with van der Waals surface area (Å²) in [5, 5.41) is 10.6. The van der Waals surface area contributed by atoms with Gasteiger partial charge in [-0.3, -0.25) is 0 Å². The van der Waals surface area contributed by atoms with Crippen LogP contribution in [0.3, 0.4) is 0 Å². The van der Waals surface area contributed by atoms with Crippen molar-refractivity contribution in [2.24, 2.45) is 0 Å². The van der Waals surface area contributed by atoms with Crippen molar-refractivity contribution < 1.29 is 5.11 Å². The van der Waals surface area contributed by atoms with Crippen LogP contribution >= 0.6 is 0 Å². The lowest BCUT2D eigenvalue weighted by Gasteiger charge is -2.18. The SMILES string of the molecule is Cc1cc(C)c(C(O)Cc2ccc(C(C)C)cc2)c(C)c1. The molecule has 0 aliphatic rings. The van der Waals surface area contributed by atoms with Gasteiger partial charge < -0.3 is 5.11 Å². The summed E-state index contributed by atoms with van der Waals surface area (Å²) >= 11 is 0. The normalized spacial score (nSPS) is 12.7. The average molecular weight is 282 g/mol. The van der Waals surface area contributed by atoms with Gasteiger partial charge in [-0.25, -0.2) is 0 Å². The molecule has 0 bridgehead atoms. The molecule has 1 N–H and O–H groups in total. The summed E-state index contributed by atoms with van der Waals surface area (Å²) in [5.41, 5.74) is 7.22. The Balaban J connectivity index is 2.20. The maximum atomic E-state index is 10.6. The maximum absolute atomic E-state index is 10.6. The van der Waals surface area contributed by atoms with Crippen molar-refractivity contribution in [3.05, 3.63) is 69.8 Å². The molecular weight excluding hydrogens is 256 g/mol. The van der Waals surface area contributed by atoms with E-state index in [0.717, 1.165) is 5.56 Å². The van der Waals surface area contributed by atoms with Gasteiger partial charge in [0.15, 0.2) is 0 Å². The molecule has 0 radical (unpaired) electrons. The molecule has 21 heavy (non-hydrogen) atoms. The summed E-state index contributed by atoms with van der Waals surface area (Å²) in [4.78, 5) is 0. The second-order valence-corrected chi connectivity index (χ2v) is 6.43. The Kier molecular flexibility index (Phi) is 4.84. The molecule has 1 nitrogen and oxygen atoms in total. The van der Waals surface area contributed by atoms with Gasteiger partial charge in [-0.1, -0.05) is 55.8 Å². The summed E-state index contributed by atoms with van der Waals surface area (Å²) in [7, 11) is 0. The summed E-state index contributed by atoms with van der Waals surface area (Å²) in [6, 6.07) is 12.9. The zero-order valence-electron chi connectivity index (χ0n) is 13.8. The molecule has 1 atom stereocenters. The molecule has 112 valence electrons. The highest BCUT2D eigenvalue weighted by Gasteiger charge is 2.14. The molecule has 0 spiro atoms. The first-order valence-electron chi connectivity index (χ1n) is 7.73. The zero-order valence-corrected chi connectivity index (χ0v) is 13.8. The fourth-order valence-electron chi connectivity index (χ4n) is 3.08. The van der Waals surface area contributed by atoms with Crippen molar-refractivity contribution in [1.29, 1.82) is 0 Å². The standard InChI is InChI=1S/C20H26O/c1-13(2)18-8-6-17(7-9-18)12-19(21)20-15(4)10-14(3)11-16(20)5/h6-11,13,19,21H,12H2,1-5H3. The van der Waals surface area contributed by atoms with Gasteiger partial charge >= 0.3 is 0 Å². The predicted molar refractivity (Wildman–Crippen MR) is 89.8 cm³/mol.